The quantitative estimate of drug-likeness (QED) is 0.511. The Labute approximate surface area is 170 Å². The lowest BCUT2D eigenvalue weighted by Gasteiger charge is -2.12. The van der Waals surface area contributed by atoms with Crippen molar-refractivity contribution in [2.24, 2.45) is 0 Å². The fraction of sp³-hybridized carbons (Fsp3) is 0.381. The van der Waals surface area contributed by atoms with Crippen molar-refractivity contribution >= 4 is 29.6 Å². The molecule has 1 heterocycles. The number of carbonyl (C=O) groups excluding carboxylic acids is 2. The van der Waals surface area contributed by atoms with Crippen LogP contribution in [0.1, 0.15) is 43.5 Å². The summed E-state index contributed by atoms with van der Waals surface area (Å²) < 4.78 is 6.66. The third kappa shape index (κ3) is 6.53. The zero-order chi connectivity index (χ0) is 20.5. The molecule has 0 aliphatic heterocycles. The van der Waals surface area contributed by atoms with Gasteiger partial charge in [0.1, 0.15) is 5.15 Å². The van der Waals surface area contributed by atoms with Crippen molar-refractivity contribution in [1.82, 2.24) is 15.1 Å². The van der Waals surface area contributed by atoms with E-state index >= 15 is 0 Å². The van der Waals surface area contributed by atoms with Gasteiger partial charge >= 0.3 is 5.97 Å². The average Bonchev–Trinajstić information content (AvgIpc) is 2.92. The molecule has 0 radical (unpaired) electrons. The monoisotopic (exact) mass is 403 g/mol. The van der Waals surface area contributed by atoms with Crippen LogP contribution in [0.3, 0.4) is 0 Å². The van der Waals surface area contributed by atoms with Gasteiger partial charge in [0.15, 0.2) is 6.61 Å². The zero-order valence-electron chi connectivity index (χ0n) is 16.4. The van der Waals surface area contributed by atoms with E-state index in [9.17, 15) is 9.59 Å². The fourth-order valence-electron chi connectivity index (χ4n) is 2.78. The minimum absolute atomic E-state index is 0.0589. The summed E-state index contributed by atoms with van der Waals surface area (Å²) in [7, 11) is 0. The van der Waals surface area contributed by atoms with Gasteiger partial charge in [-0.3, -0.25) is 4.79 Å². The molecule has 0 aliphatic rings. The minimum Gasteiger partial charge on any atom is -0.452 e. The van der Waals surface area contributed by atoms with E-state index in [4.69, 9.17) is 16.3 Å². The van der Waals surface area contributed by atoms with Gasteiger partial charge in [-0.2, -0.15) is 5.10 Å². The van der Waals surface area contributed by atoms with Crippen molar-refractivity contribution in [2.75, 3.05) is 6.61 Å². The van der Waals surface area contributed by atoms with E-state index in [1.165, 1.54) is 6.08 Å². The summed E-state index contributed by atoms with van der Waals surface area (Å²) in [6, 6.07) is 9.90. The van der Waals surface area contributed by atoms with Crippen LogP contribution in [0.5, 0.6) is 0 Å². The number of benzene rings is 1. The predicted octanol–water partition coefficient (Wildman–Crippen LogP) is 3.75. The van der Waals surface area contributed by atoms with Gasteiger partial charge < -0.3 is 10.1 Å². The highest BCUT2D eigenvalue weighted by Crippen LogP contribution is 2.22. The molecule has 1 N–H and O–H groups in total. The number of aryl methyl sites for hydroxylation is 1. The van der Waals surface area contributed by atoms with Gasteiger partial charge in [-0.15, -0.1) is 0 Å². The second-order valence-electron chi connectivity index (χ2n) is 6.63. The molecule has 1 amide bonds. The SMILES string of the molecule is CCC[C@@H](C)NC(=O)COC(=O)/C=C/c1c(C)nn(Cc2ccccc2)c1Cl. The lowest BCUT2D eigenvalue weighted by molar-refractivity contribution is -0.144. The number of carbonyl (C=O) groups is 2. The highest BCUT2D eigenvalue weighted by atomic mass is 35.5. The Kier molecular flexibility index (Phi) is 8.26. The first-order valence-electron chi connectivity index (χ1n) is 9.31. The van der Waals surface area contributed by atoms with Crippen LogP contribution in [0.15, 0.2) is 36.4 Å². The average molecular weight is 404 g/mol. The van der Waals surface area contributed by atoms with Crippen LogP contribution in [-0.4, -0.2) is 34.3 Å². The summed E-state index contributed by atoms with van der Waals surface area (Å²) >= 11 is 6.41. The number of hydrogen-bond acceptors (Lipinski definition) is 4. The number of ether oxygens (including phenoxy) is 1. The van der Waals surface area contributed by atoms with Crippen LogP contribution in [0.2, 0.25) is 5.15 Å². The number of amides is 1. The first-order valence-corrected chi connectivity index (χ1v) is 9.69. The highest BCUT2D eigenvalue weighted by molar-refractivity contribution is 6.31. The fourth-order valence-corrected chi connectivity index (χ4v) is 3.07. The second-order valence-corrected chi connectivity index (χ2v) is 6.99. The van der Waals surface area contributed by atoms with Gasteiger partial charge in [0, 0.05) is 17.7 Å². The Balaban J connectivity index is 1.92. The third-order valence-electron chi connectivity index (χ3n) is 4.15. The van der Waals surface area contributed by atoms with Gasteiger partial charge in [-0.1, -0.05) is 55.3 Å². The Morgan fingerprint density at radius 3 is 2.71 bits per heavy atom. The minimum atomic E-state index is -0.607. The Bertz CT molecular complexity index is 831. The van der Waals surface area contributed by atoms with Crippen LogP contribution in [0.4, 0.5) is 0 Å². The van der Waals surface area contributed by atoms with Crippen molar-refractivity contribution in [3.05, 3.63) is 58.4 Å². The maximum atomic E-state index is 11.9. The first kappa shape index (κ1) is 21.7. The van der Waals surface area contributed by atoms with Crippen molar-refractivity contribution in [2.45, 2.75) is 46.2 Å². The smallest absolute Gasteiger partial charge is 0.331 e. The molecule has 1 atom stereocenters. The Morgan fingerprint density at radius 2 is 2.04 bits per heavy atom. The molecule has 0 unspecified atom stereocenters. The number of halogens is 1. The lowest BCUT2D eigenvalue weighted by atomic mass is 10.2. The molecule has 7 heteroatoms. The Hall–Kier alpha value is -2.60. The van der Waals surface area contributed by atoms with Crippen LogP contribution >= 0.6 is 11.6 Å². The van der Waals surface area contributed by atoms with Gasteiger partial charge in [-0.05, 0) is 31.9 Å². The lowest BCUT2D eigenvalue weighted by Crippen LogP contribution is -2.35. The molecule has 0 bridgehead atoms. The van der Waals surface area contributed by atoms with E-state index in [1.54, 1.807) is 10.8 Å². The molecular formula is C21H26ClN3O3. The van der Waals surface area contributed by atoms with E-state index in [2.05, 4.69) is 10.4 Å². The summed E-state index contributed by atoms with van der Waals surface area (Å²) in [5.41, 5.74) is 2.43. The molecule has 150 valence electrons. The van der Waals surface area contributed by atoms with E-state index in [0.29, 0.717) is 23.0 Å². The number of nitrogens with zero attached hydrogens (tertiary/aromatic N) is 2. The summed E-state index contributed by atoms with van der Waals surface area (Å²) in [6.07, 6.45) is 4.67. The molecule has 1 aromatic carbocycles. The van der Waals surface area contributed by atoms with E-state index in [1.807, 2.05) is 51.1 Å². The summed E-state index contributed by atoms with van der Waals surface area (Å²) in [6.45, 7) is 6.01. The number of nitrogens with one attached hydrogen (secondary N) is 1. The third-order valence-corrected chi connectivity index (χ3v) is 4.54. The van der Waals surface area contributed by atoms with E-state index in [0.717, 1.165) is 18.4 Å². The maximum absolute atomic E-state index is 11.9. The van der Waals surface area contributed by atoms with Crippen molar-refractivity contribution in [1.29, 1.82) is 0 Å². The second kappa shape index (κ2) is 10.7. The number of hydrogen-bond donors (Lipinski definition) is 1. The highest BCUT2D eigenvalue weighted by Gasteiger charge is 2.13. The van der Waals surface area contributed by atoms with Crippen molar-refractivity contribution < 1.29 is 14.3 Å². The number of esters is 1. The summed E-state index contributed by atoms with van der Waals surface area (Å²) in [5.74, 6) is -0.919. The largest absolute Gasteiger partial charge is 0.452 e. The van der Waals surface area contributed by atoms with Gasteiger partial charge in [-0.25, -0.2) is 9.48 Å². The first-order chi connectivity index (χ1) is 13.4. The Morgan fingerprint density at radius 1 is 1.32 bits per heavy atom. The zero-order valence-corrected chi connectivity index (χ0v) is 17.2. The molecule has 28 heavy (non-hydrogen) atoms. The summed E-state index contributed by atoms with van der Waals surface area (Å²) in [4.78, 5) is 23.6. The molecule has 1 aromatic heterocycles. The molecule has 0 saturated carbocycles. The van der Waals surface area contributed by atoms with Crippen LogP contribution in [0, 0.1) is 6.92 Å². The van der Waals surface area contributed by atoms with Crippen LogP contribution in [0.25, 0.3) is 6.08 Å². The molecule has 2 aromatic rings. The molecular weight excluding hydrogens is 378 g/mol. The normalized spacial score (nSPS) is 12.1. The van der Waals surface area contributed by atoms with E-state index in [-0.39, 0.29) is 18.6 Å². The van der Waals surface area contributed by atoms with Crippen LogP contribution in [-0.2, 0) is 20.9 Å². The molecule has 0 saturated heterocycles. The van der Waals surface area contributed by atoms with E-state index < -0.39 is 5.97 Å². The molecule has 0 fully saturated rings. The number of aromatic nitrogens is 2. The topological polar surface area (TPSA) is 73.2 Å². The standard InChI is InChI=1S/C21H26ClN3O3/c1-4-8-15(2)23-19(26)14-28-20(27)12-11-18-16(3)24-25(21(18)22)13-17-9-6-5-7-10-17/h5-7,9-12,15H,4,8,13-14H2,1-3H3,(H,23,26)/b12-11+/t15-/m1/s1. The molecule has 0 aliphatic carbocycles. The van der Waals surface area contributed by atoms with Gasteiger partial charge in [0.2, 0.25) is 0 Å². The maximum Gasteiger partial charge on any atom is 0.331 e. The summed E-state index contributed by atoms with van der Waals surface area (Å²) in [5, 5.41) is 7.65. The van der Waals surface area contributed by atoms with Crippen molar-refractivity contribution in [3.63, 3.8) is 0 Å². The van der Waals surface area contributed by atoms with Gasteiger partial charge in [0.05, 0.1) is 12.2 Å². The molecule has 6 nitrogen and oxygen atoms in total. The predicted molar refractivity (Wildman–Crippen MR) is 110 cm³/mol. The van der Waals surface area contributed by atoms with Crippen LogP contribution < -0.4 is 5.32 Å². The number of rotatable bonds is 9. The molecule has 2 rings (SSSR count). The molecule has 0 spiro atoms. The van der Waals surface area contributed by atoms with Gasteiger partial charge in [0.25, 0.3) is 5.91 Å². The van der Waals surface area contributed by atoms with Crippen molar-refractivity contribution in [3.8, 4) is 0 Å².